The molecule has 1 atom stereocenters. The first-order chi connectivity index (χ1) is 12.6. The van der Waals surface area contributed by atoms with Crippen molar-refractivity contribution >= 4 is 17.2 Å². The van der Waals surface area contributed by atoms with Crippen molar-refractivity contribution in [2.75, 3.05) is 46.8 Å². The number of allylic oxidation sites excluding steroid dienone is 2. The first-order valence-corrected chi connectivity index (χ1v) is 10.0. The highest BCUT2D eigenvalue weighted by atomic mass is 35.5. The lowest BCUT2D eigenvalue weighted by Crippen LogP contribution is -2.47. The zero-order valence-corrected chi connectivity index (χ0v) is 16.5. The number of halogens is 1. The van der Waals surface area contributed by atoms with Crippen LogP contribution in [0.3, 0.4) is 0 Å². The molecule has 0 aromatic heterocycles. The average Bonchev–Trinajstić information content (AvgIpc) is 2.94. The first kappa shape index (κ1) is 17.8. The zero-order chi connectivity index (χ0) is 18.1. The SMILES string of the molecule is CN(C)CCCN1CCN2C(=C(c3ccccc3)C3=CC(Cl)=CCC32)C1. The predicted octanol–water partition coefficient (Wildman–Crippen LogP) is 3.80. The summed E-state index contributed by atoms with van der Waals surface area (Å²) in [6, 6.07) is 11.3. The molecule has 2 aliphatic heterocycles. The van der Waals surface area contributed by atoms with Crippen molar-refractivity contribution < 1.29 is 0 Å². The van der Waals surface area contributed by atoms with Gasteiger partial charge in [-0.1, -0.05) is 48.0 Å². The fraction of sp³-hybridized carbons (Fsp3) is 0.455. The van der Waals surface area contributed by atoms with E-state index in [9.17, 15) is 0 Å². The summed E-state index contributed by atoms with van der Waals surface area (Å²) < 4.78 is 0. The Hall–Kier alpha value is -1.55. The molecule has 0 saturated carbocycles. The molecule has 0 spiro atoms. The molecule has 0 radical (unpaired) electrons. The number of fused-ring (bicyclic) bond motifs is 3. The van der Waals surface area contributed by atoms with Crippen LogP contribution < -0.4 is 0 Å². The van der Waals surface area contributed by atoms with Crippen molar-refractivity contribution in [3.63, 3.8) is 0 Å². The second-order valence-corrected chi connectivity index (χ2v) is 8.19. The predicted molar refractivity (Wildman–Crippen MR) is 110 cm³/mol. The molecule has 138 valence electrons. The summed E-state index contributed by atoms with van der Waals surface area (Å²) in [6.07, 6.45) is 6.61. The van der Waals surface area contributed by atoms with Crippen LogP contribution in [0.2, 0.25) is 0 Å². The molecule has 1 aliphatic carbocycles. The Morgan fingerprint density at radius 2 is 1.96 bits per heavy atom. The van der Waals surface area contributed by atoms with Crippen molar-refractivity contribution in [1.29, 1.82) is 0 Å². The van der Waals surface area contributed by atoms with Crippen LogP contribution in [0.25, 0.3) is 5.57 Å². The van der Waals surface area contributed by atoms with Crippen molar-refractivity contribution in [3.05, 3.63) is 64.3 Å². The second kappa shape index (κ2) is 7.59. The van der Waals surface area contributed by atoms with Gasteiger partial charge in [-0.2, -0.15) is 0 Å². The first-order valence-electron chi connectivity index (χ1n) is 9.63. The Balaban J connectivity index is 1.64. The molecule has 1 unspecified atom stereocenters. The Morgan fingerprint density at radius 3 is 2.73 bits per heavy atom. The molecule has 1 aromatic carbocycles. The van der Waals surface area contributed by atoms with Gasteiger partial charge in [0.2, 0.25) is 0 Å². The Bertz CT molecular complexity index is 748. The number of benzene rings is 1. The third-order valence-electron chi connectivity index (χ3n) is 5.66. The number of piperazine rings is 1. The maximum atomic E-state index is 6.39. The number of hydrogen-bond acceptors (Lipinski definition) is 3. The fourth-order valence-corrected chi connectivity index (χ4v) is 4.63. The van der Waals surface area contributed by atoms with Gasteiger partial charge in [-0.3, -0.25) is 4.90 Å². The van der Waals surface area contributed by atoms with Crippen LogP contribution in [0.5, 0.6) is 0 Å². The van der Waals surface area contributed by atoms with E-state index in [4.69, 9.17) is 11.6 Å². The molecule has 26 heavy (non-hydrogen) atoms. The van der Waals surface area contributed by atoms with Gasteiger partial charge in [0.05, 0.1) is 6.04 Å². The van der Waals surface area contributed by atoms with Gasteiger partial charge in [0.15, 0.2) is 0 Å². The van der Waals surface area contributed by atoms with E-state index in [1.807, 2.05) is 0 Å². The molecule has 0 amide bonds. The largest absolute Gasteiger partial charge is 0.365 e. The molecule has 4 rings (SSSR count). The minimum absolute atomic E-state index is 0.464. The summed E-state index contributed by atoms with van der Waals surface area (Å²) in [5, 5.41) is 0.882. The van der Waals surface area contributed by atoms with Gasteiger partial charge in [0.1, 0.15) is 0 Å². The lowest BCUT2D eigenvalue weighted by atomic mass is 9.91. The second-order valence-electron chi connectivity index (χ2n) is 7.75. The van der Waals surface area contributed by atoms with E-state index >= 15 is 0 Å². The van der Waals surface area contributed by atoms with E-state index in [1.165, 1.54) is 35.4 Å². The summed E-state index contributed by atoms with van der Waals surface area (Å²) in [5.74, 6) is 0. The van der Waals surface area contributed by atoms with Crippen molar-refractivity contribution in [3.8, 4) is 0 Å². The van der Waals surface area contributed by atoms with E-state index in [0.717, 1.165) is 37.6 Å². The van der Waals surface area contributed by atoms with Crippen LogP contribution in [0.4, 0.5) is 0 Å². The maximum Gasteiger partial charge on any atom is 0.0583 e. The van der Waals surface area contributed by atoms with E-state index in [0.29, 0.717) is 6.04 Å². The van der Waals surface area contributed by atoms with Crippen molar-refractivity contribution in [2.24, 2.45) is 0 Å². The summed E-state index contributed by atoms with van der Waals surface area (Å²) >= 11 is 6.39. The highest BCUT2D eigenvalue weighted by Crippen LogP contribution is 2.45. The van der Waals surface area contributed by atoms with Gasteiger partial charge in [-0.15, -0.1) is 0 Å². The fourth-order valence-electron chi connectivity index (χ4n) is 4.43. The molecule has 3 aliphatic rings. The zero-order valence-electron chi connectivity index (χ0n) is 15.8. The average molecular weight is 370 g/mol. The van der Waals surface area contributed by atoms with E-state index in [-0.39, 0.29) is 0 Å². The van der Waals surface area contributed by atoms with Crippen LogP contribution in [-0.4, -0.2) is 67.6 Å². The molecule has 0 N–H and O–H groups in total. The molecular weight excluding hydrogens is 342 g/mol. The number of nitrogens with zero attached hydrogens (tertiary/aromatic N) is 3. The molecule has 0 bridgehead atoms. The van der Waals surface area contributed by atoms with Gasteiger partial charge in [-0.05, 0) is 57.2 Å². The Labute approximate surface area is 162 Å². The molecule has 4 heteroatoms. The lowest BCUT2D eigenvalue weighted by molar-refractivity contribution is 0.159. The normalized spacial score (nSPS) is 23.1. The minimum Gasteiger partial charge on any atom is -0.365 e. The standard InChI is InChI=1S/C22H28ClN3/c1-24(2)11-6-12-25-13-14-26-20-10-9-18(23)15-19(20)22(21(26)16-25)17-7-4-3-5-8-17/h3-5,7-9,15,20H,6,10-14,16H2,1-2H3. The smallest absolute Gasteiger partial charge is 0.0583 e. The maximum absolute atomic E-state index is 6.39. The van der Waals surface area contributed by atoms with Crippen LogP contribution >= 0.6 is 11.6 Å². The summed E-state index contributed by atoms with van der Waals surface area (Å²) in [6.45, 7) is 5.63. The molecule has 2 heterocycles. The lowest BCUT2D eigenvalue weighted by Gasteiger charge is -2.39. The summed E-state index contributed by atoms with van der Waals surface area (Å²) in [7, 11) is 4.30. The molecule has 1 fully saturated rings. The Kier molecular flexibility index (Phi) is 5.21. The van der Waals surface area contributed by atoms with E-state index in [2.05, 4.69) is 71.3 Å². The van der Waals surface area contributed by atoms with Crippen molar-refractivity contribution in [2.45, 2.75) is 18.9 Å². The van der Waals surface area contributed by atoms with Crippen molar-refractivity contribution in [1.82, 2.24) is 14.7 Å². The van der Waals surface area contributed by atoms with E-state index < -0.39 is 0 Å². The molecule has 1 aromatic rings. The molecule has 3 nitrogen and oxygen atoms in total. The van der Waals surface area contributed by atoms with Gasteiger partial charge < -0.3 is 9.80 Å². The van der Waals surface area contributed by atoms with Crippen LogP contribution in [-0.2, 0) is 0 Å². The van der Waals surface area contributed by atoms with Gasteiger partial charge in [-0.25, -0.2) is 0 Å². The highest BCUT2D eigenvalue weighted by Gasteiger charge is 2.39. The molecule has 1 saturated heterocycles. The van der Waals surface area contributed by atoms with Crippen LogP contribution in [0.1, 0.15) is 18.4 Å². The van der Waals surface area contributed by atoms with Gasteiger partial charge >= 0.3 is 0 Å². The topological polar surface area (TPSA) is 9.72 Å². The summed E-state index contributed by atoms with van der Waals surface area (Å²) in [5.41, 5.74) is 5.64. The summed E-state index contributed by atoms with van der Waals surface area (Å²) in [4.78, 5) is 7.52. The van der Waals surface area contributed by atoms with Gasteiger partial charge in [0.25, 0.3) is 0 Å². The monoisotopic (exact) mass is 369 g/mol. The minimum atomic E-state index is 0.464. The van der Waals surface area contributed by atoms with E-state index in [1.54, 1.807) is 0 Å². The third-order valence-corrected chi connectivity index (χ3v) is 5.92. The Morgan fingerprint density at radius 1 is 1.15 bits per heavy atom. The molecular formula is C22H28ClN3. The number of hydrogen-bond donors (Lipinski definition) is 0. The van der Waals surface area contributed by atoms with Gasteiger partial charge in [0, 0.05) is 35.9 Å². The highest BCUT2D eigenvalue weighted by molar-refractivity contribution is 6.31. The van der Waals surface area contributed by atoms with Crippen LogP contribution in [0, 0.1) is 0 Å². The quantitative estimate of drug-likeness (QED) is 0.781. The van der Waals surface area contributed by atoms with Crippen LogP contribution in [0.15, 0.2) is 58.8 Å². The number of rotatable bonds is 5. The third kappa shape index (κ3) is 3.48.